The van der Waals surface area contributed by atoms with E-state index in [2.05, 4.69) is 47.9 Å². The second kappa shape index (κ2) is 14.3. The zero-order chi connectivity index (χ0) is 22.5. The molecule has 3 aliphatic rings. The monoisotopic (exact) mass is 428 g/mol. The highest BCUT2D eigenvalue weighted by atomic mass is 16.5. The predicted molar refractivity (Wildman–Crippen MR) is 132 cm³/mol. The molecule has 4 rings (SSSR count). The van der Waals surface area contributed by atoms with Gasteiger partial charge in [0.1, 0.15) is 11.5 Å². The van der Waals surface area contributed by atoms with E-state index >= 15 is 0 Å². The first-order chi connectivity index (χ1) is 15.0. The number of anilines is 1. The van der Waals surface area contributed by atoms with Gasteiger partial charge in [-0.05, 0) is 44.4 Å². The summed E-state index contributed by atoms with van der Waals surface area (Å²) in [4.78, 5) is 15.5. The average molecular weight is 429 g/mol. The van der Waals surface area contributed by atoms with Crippen LogP contribution in [0.15, 0.2) is 36.4 Å². The van der Waals surface area contributed by atoms with Gasteiger partial charge in [-0.15, -0.1) is 0 Å². The van der Waals surface area contributed by atoms with Crippen LogP contribution in [0.4, 0.5) is 5.69 Å². The Morgan fingerprint density at radius 3 is 2.06 bits per heavy atom. The fourth-order valence-electron chi connectivity index (χ4n) is 4.45. The van der Waals surface area contributed by atoms with Crippen molar-refractivity contribution in [1.82, 2.24) is 4.90 Å². The van der Waals surface area contributed by atoms with Crippen molar-refractivity contribution in [3.05, 3.63) is 36.4 Å². The third kappa shape index (κ3) is 9.06. The normalized spacial score (nSPS) is 19.8. The second-order valence-electron chi connectivity index (χ2n) is 9.09. The number of piperazine rings is 1. The third-order valence-electron chi connectivity index (χ3n) is 6.72. The Bertz CT molecular complexity index is 651. The van der Waals surface area contributed by atoms with Gasteiger partial charge in [0.2, 0.25) is 0 Å². The van der Waals surface area contributed by atoms with E-state index in [1.54, 1.807) is 14.0 Å². The van der Waals surface area contributed by atoms with Crippen LogP contribution in [0.3, 0.4) is 0 Å². The number of carbonyl (C=O) groups is 1. The van der Waals surface area contributed by atoms with Crippen molar-refractivity contribution in [1.29, 1.82) is 0 Å². The molecule has 4 heteroatoms. The van der Waals surface area contributed by atoms with E-state index in [9.17, 15) is 4.79 Å². The number of ether oxygens (including phenoxy) is 1. The molecule has 0 radical (unpaired) electrons. The minimum absolute atomic E-state index is 0.315. The van der Waals surface area contributed by atoms with Crippen molar-refractivity contribution in [2.45, 2.75) is 65.7 Å². The average Bonchev–Trinajstić information content (AvgIpc) is 3.36. The Labute approximate surface area is 190 Å². The molecule has 1 heterocycles. The minimum atomic E-state index is 0.315. The number of methoxy groups -OCH3 is 1. The van der Waals surface area contributed by atoms with Gasteiger partial charge >= 0.3 is 0 Å². The maximum Gasteiger partial charge on any atom is 0.142 e. The van der Waals surface area contributed by atoms with Crippen LogP contribution in [-0.2, 0) is 4.79 Å². The Kier molecular flexibility index (Phi) is 11.7. The van der Waals surface area contributed by atoms with E-state index < -0.39 is 0 Å². The quantitative estimate of drug-likeness (QED) is 0.554. The van der Waals surface area contributed by atoms with Gasteiger partial charge < -0.3 is 14.5 Å². The van der Waals surface area contributed by atoms with Gasteiger partial charge in [-0.2, -0.15) is 0 Å². The number of rotatable bonds is 4. The first-order valence-corrected chi connectivity index (χ1v) is 12.3. The van der Waals surface area contributed by atoms with Crippen LogP contribution in [0.25, 0.3) is 0 Å². The van der Waals surface area contributed by atoms with Crippen LogP contribution in [0.2, 0.25) is 0 Å². The van der Waals surface area contributed by atoms with Crippen LogP contribution in [-0.4, -0.2) is 50.5 Å². The zero-order valence-corrected chi connectivity index (χ0v) is 20.3. The van der Waals surface area contributed by atoms with E-state index in [0.29, 0.717) is 11.7 Å². The fraction of sp³-hybridized carbons (Fsp3) is 0.667. The van der Waals surface area contributed by atoms with Gasteiger partial charge in [-0.1, -0.05) is 70.2 Å². The summed E-state index contributed by atoms with van der Waals surface area (Å²) in [6, 6.07) is 8.26. The molecule has 0 bridgehead atoms. The number of allylic oxidation sites excluding steroid dienone is 2. The van der Waals surface area contributed by atoms with Crippen LogP contribution >= 0.6 is 0 Å². The summed E-state index contributed by atoms with van der Waals surface area (Å²) in [5.74, 6) is 2.66. The summed E-state index contributed by atoms with van der Waals surface area (Å²) < 4.78 is 5.40. The minimum Gasteiger partial charge on any atom is -0.495 e. The number of carbonyl (C=O) groups excluding carboxylic acids is 1. The van der Waals surface area contributed by atoms with Crippen molar-refractivity contribution in [3.63, 3.8) is 0 Å². The van der Waals surface area contributed by atoms with E-state index in [1.165, 1.54) is 37.8 Å². The Balaban J connectivity index is 0.000000189. The van der Waals surface area contributed by atoms with Crippen LogP contribution in [0, 0.1) is 11.8 Å². The molecule has 4 nitrogen and oxygen atoms in total. The molecule has 1 saturated heterocycles. The molecular weight excluding hydrogens is 384 g/mol. The summed E-state index contributed by atoms with van der Waals surface area (Å²) in [7, 11) is 1.74. The van der Waals surface area contributed by atoms with E-state index in [1.807, 2.05) is 12.1 Å². The van der Waals surface area contributed by atoms with Crippen LogP contribution < -0.4 is 9.64 Å². The zero-order valence-electron chi connectivity index (χ0n) is 20.3. The van der Waals surface area contributed by atoms with Gasteiger partial charge in [-0.3, -0.25) is 4.79 Å². The van der Waals surface area contributed by atoms with E-state index in [-0.39, 0.29) is 0 Å². The molecule has 1 aliphatic heterocycles. The third-order valence-corrected chi connectivity index (χ3v) is 6.72. The molecule has 0 atom stereocenters. The number of para-hydroxylation sites is 2. The first kappa shape index (κ1) is 25.5. The maximum atomic E-state index is 10.6. The molecule has 0 N–H and O–H groups in total. The highest BCUT2D eigenvalue weighted by Crippen LogP contribution is 2.28. The van der Waals surface area contributed by atoms with Gasteiger partial charge in [0.25, 0.3) is 0 Å². The Hall–Kier alpha value is -1.81. The molecule has 0 spiro atoms. The van der Waals surface area contributed by atoms with Crippen molar-refractivity contribution in [2.24, 2.45) is 11.8 Å². The number of ketones is 1. The molecular formula is C27H44N2O2. The standard InChI is InChI=1S/C13H20N2O.C7H10O.C7H14/c1-3-14-8-10-15(11-9-14)12-6-4-5-7-13(12)16-2;1-6(8)7-4-2-3-5-7;1-7-5-3-2-4-6-7/h4-7H,3,8-11H2,1-2H3;2-3,7H,4-5H2,1H3;7H,2-6H2,1H3. The van der Waals surface area contributed by atoms with E-state index in [4.69, 9.17) is 4.74 Å². The molecule has 1 aromatic rings. The molecule has 0 aromatic heterocycles. The highest BCUT2D eigenvalue weighted by molar-refractivity contribution is 5.79. The lowest BCUT2D eigenvalue weighted by molar-refractivity contribution is -0.120. The van der Waals surface area contributed by atoms with Gasteiger partial charge in [0, 0.05) is 32.1 Å². The Morgan fingerprint density at radius 2 is 1.61 bits per heavy atom. The first-order valence-electron chi connectivity index (χ1n) is 12.3. The van der Waals surface area contributed by atoms with Gasteiger partial charge in [-0.25, -0.2) is 0 Å². The molecule has 1 aromatic carbocycles. The SMILES string of the molecule is CC(=O)C1CC=CC1.CC1CCCCC1.CCN1CCN(c2ccccc2OC)CC1. The van der Waals surface area contributed by atoms with Crippen LogP contribution in [0.5, 0.6) is 5.75 Å². The summed E-state index contributed by atoms with van der Waals surface area (Å²) in [5, 5.41) is 0. The molecule has 2 fully saturated rings. The van der Waals surface area contributed by atoms with Crippen molar-refractivity contribution >= 4 is 11.5 Å². The highest BCUT2D eigenvalue weighted by Gasteiger charge is 2.18. The van der Waals surface area contributed by atoms with Gasteiger partial charge in [0.15, 0.2) is 0 Å². The number of nitrogens with zero attached hydrogens (tertiary/aromatic N) is 2. The summed E-state index contributed by atoms with van der Waals surface area (Å²) in [6.07, 6.45) is 13.5. The summed E-state index contributed by atoms with van der Waals surface area (Å²) in [6.45, 7) is 11.9. The van der Waals surface area contributed by atoms with Crippen molar-refractivity contribution < 1.29 is 9.53 Å². The molecule has 1 saturated carbocycles. The summed E-state index contributed by atoms with van der Waals surface area (Å²) in [5.41, 5.74) is 1.22. The molecule has 0 unspecified atom stereocenters. The lowest BCUT2D eigenvalue weighted by Crippen LogP contribution is -2.46. The smallest absolute Gasteiger partial charge is 0.142 e. The van der Waals surface area contributed by atoms with Crippen LogP contribution in [0.1, 0.15) is 65.7 Å². The molecule has 31 heavy (non-hydrogen) atoms. The number of hydrogen-bond donors (Lipinski definition) is 0. The fourth-order valence-corrected chi connectivity index (χ4v) is 4.45. The Morgan fingerprint density at radius 1 is 1.00 bits per heavy atom. The second-order valence-corrected chi connectivity index (χ2v) is 9.09. The number of Topliss-reactive ketones (excluding diaryl/α,β-unsaturated/α-hetero) is 1. The molecule has 2 aliphatic carbocycles. The lowest BCUT2D eigenvalue weighted by atomic mass is 9.91. The van der Waals surface area contributed by atoms with Crippen molar-refractivity contribution in [3.8, 4) is 5.75 Å². The molecule has 174 valence electrons. The maximum absolute atomic E-state index is 10.6. The number of benzene rings is 1. The topological polar surface area (TPSA) is 32.8 Å². The predicted octanol–water partition coefficient (Wildman–Crippen LogP) is 5.97. The number of likely N-dealkylation sites (N-methyl/N-ethyl adjacent to an activating group) is 1. The van der Waals surface area contributed by atoms with Gasteiger partial charge in [0.05, 0.1) is 12.8 Å². The summed E-state index contributed by atoms with van der Waals surface area (Å²) >= 11 is 0. The largest absolute Gasteiger partial charge is 0.495 e. The number of hydrogen-bond acceptors (Lipinski definition) is 4. The molecule has 0 amide bonds. The lowest BCUT2D eigenvalue weighted by Gasteiger charge is -2.36. The van der Waals surface area contributed by atoms with E-state index in [0.717, 1.165) is 57.2 Å². The van der Waals surface area contributed by atoms with Crippen molar-refractivity contribution in [2.75, 3.05) is 44.7 Å².